The lowest BCUT2D eigenvalue weighted by Gasteiger charge is -2.08. The summed E-state index contributed by atoms with van der Waals surface area (Å²) in [6, 6.07) is 3.87. The van der Waals surface area contributed by atoms with Crippen molar-refractivity contribution in [2.75, 3.05) is 0 Å². The first-order valence-corrected chi connectivity index (χ1v) is 5.81. The molecule has 2 aromatic heterocycles. The van der Waals surface area contributed by atoms with Crippen LogP contribution in [0.3, 0.4) is 0 Å². The topological polar surface area (TPSA) is 26.0 Å². The first-order chi connectivity index (χ1) is 7.27. The summed E-state index contributed by atoms with van der Waals surface area (Å²) in [6.45, 7) is 0. The van der Waals surface area contributed by atoms with Crippen molar-refractivity contribution in [2.45, 2.75) is 11.2 Å². The van der Waals surface area contributed by atoms with E-state index in [-0.39, 0.29) is 4.83 Å². The number of hydrogen-bond acceptors (Lipinski definition) is 2. The number of nitrogens with zero attached hydrogens (tertiary/aromatic N) is 1. The first-order valence-electron chi connectivity index (χ1n) is 4.52. The Labute approximate surface area is 101 Å². The van der Waals surface area contributed by atoms with Gasteiger partial charge >= 0.3 is 0 Å². The van der Waals surface area contributed by atoms with Crippen molar-refractivity contribution < 1.29 is 4.42 Å². The molecular weight excluding hydrogens is 277 g/mol. The largest absolute Gasteiger partial charge is 0.472 e. The molecule has 0 aliphatic heterocycles. The van der Waals surface area contributed by atoms with Crippen LogP contribution in [0, 0.1) is 0 Å². The minimum absolute atomic E-state index is 0.219. The summed E-state index contributed by atoms with van der Waals surface area (Å²) in [5, 5.41) is 0.699. The van der Waals surface area contributed by atoms with Crippen molar-refractivity contribution in [1.82, 2.24) is 4.98 Å². The van der Waals surface area contributed by atoms with Gasteiger partial charge in [0.15, 0.2) is 0 Å². The quantitative estimate of drug-likeness (QED) is 0.797. The Morgan fingerprint density at radius 2 is 2.33 bits per heavy atom. The second-order valence-corrected chi connectivity index (χ2v) is 4.71. The summed E-state index contributed by atoms with van der Waals surface area (Å²) in [7, 11) is 0. The third-order valence-electron chi connectivity index (χ3n) is 2.16. The van der Waals surface area contributed by atoms with Crippen LogP contribution in [0.5, 0.6) is 0 Å². The maximum absolute atomic E-state index is 6.02. The number of halogens is 2. The summed E-state index contributed by atoms with van der Waals surface area (Å²) < 4.78 is 5.03. The highest BCUT2D eigenvalue weighted by Crippen LogP contribution is 2.29. The Morgan fingerprint density at radius 1 is 1.47 bits per heavy atom. The number of pyridine rings is 1. The Balaban J connectivity index is 2.13. The second-order valence-electron chi connectivity index (χ2n) is 3.20. The molecule has 0 aliphatic rings. The molecule has 78 valence electrons. The van der Waals surface area contributed by atoms with E-state index < -0.39 is 0 Å². The molecule has 15 heavy (non-hydrogen) atoms. The zero-order valence-corrected chi connectivity index (χ0v) is 10.2. The molecule has 0 fully saturated rings. The van der Waals surface area contributed by atoms with Crippen LogP contribution in [0.2, 0.25) is 5.02 Å². The number of alkyl halides is 1. The summed E-state index contributed by atoms with van der Waals surface area (Å²) in [5.41, 5.74) is 2.19. The highest BCUT2D eigenvalue weighted by Gasteiger charge is 2.11. The van der Waals surface area contributed by atoms with Crippen LogP contribution in [-0.4, -0.2) is 4.98 Å². The lowest BCUT2D eigenvalue weighted by atomic mass is 10.1. The molecule has 0 bridgehead atoms. The molecule has 0 radical (unpaired) electrons. The van der Waals surface area contributed by atoms with Gasteiger partial charge in [0, 0.05) is 22.8 Å². The van der Waals surface area contributed by atoms with E-state index in [9.17, 15) is 0 Å². The Hall–Kier alpha value is -0.800. The third kappa shape index (κ3) is 2.61. The summed E-state index contributed by atoms with van der Waals surface area (Å²) >= 11 is 9.62. The first kappa shape index (κ1) is 10.7. The van der Waals surface area contributed by atoms with Crippen molar-refractivity contribution in [3.05, 3.63) is 53.2 Å². The summed E-state index contributed by atoms with van der Waals surface area (Å²) in [6.07, 6.45) is 7.62. The van der Waals surface area contributed by atoms with E-state index in [1.54, 1.807) is 24.9 Å². The zero-order chi connectivity index (χ0) is 10.7. The van der Waals surface area contributed by atoms with Crippen molar-refractivity contribution in [3.63, 3.8) is 0 Å². The molecule has 0 N–H and O–H groups in total. The average Bonchev–Trinajstić information content (AvgIpc) is 2.74. The molecule has 0 spiro atoms. The van der Waals surface area contributed by atoms with Gasteiger partial charge in [0.05, 0.1) is 17.5 Å². The van der Waals surface area contributed by atoms with Gasteiger partial charge in [-0.05, 0) is 24.1 Å². The Kier molecular flexibility index (Phi) is 3.44. The van der Waals surface area contributed by atoms with Crippen molar-refractivity contribution in [2.24, 2.45) is 0 Å². The fraction of sp³-hybridized carbons (Fsp3) is 0.182. The molecule has 0 saturated carbocycles. The van der Waals surface area contributed by atoms with E-state index in [4.69, 9.17) is 16.0 Å². The molecule has 4 heteroatoms. The van der Waals surface area contributed by atoms with Gasteiger partial charge in [-0.1, -0.05) is 27.5 Å². The van der Waals surface area contributed by atoms with E-state index in [0.29, 0.717) is 5.02 Å². The van der Waals surface area contributed by atoms with E-state index in [0.717, 1.165) is 17.5 Å². The van der Waals surface area contributed by atoms with Crippen molar-refractivity contribution in [1.29, 1.82) is 0 Å². The molecule has 2 heterocycles. The lowest BCUT2D eigenvalue weighted by Crippen LogP contribution is -1.94. The predicted molar refractivity (Wildman–Crippen MR) is 63.3 cm³/mol. The predicted octanol–water partition coefficient (Wildman–Crippen LogP) is 4.01. The Morgan fingerprint density at radius 3 is 3.00 bits per heavy atom. The molecule has 2 rings (SSSR count). The van der Waals surface area contributed by atoms with Gasteiger partial charge in [-0.3, -0.25) is 4.98 Å². The van der Waals surface area contributed by atoms with Crippen LogP contribution >= 0.6 is 27.5 Å². The summed E-state index contributed by atoms with van der Waals surface area (Å²) in [4.78, 5) is 4.17. The van der Waals surface area contributed by atoms with Crippen LogP contribution in [-0.2, 0) is 6.42 Å². The van der Waals surface area contributed by atoms with E-state index in [2.05, 4.69) is 20.9 Å². The third-order valence-corrected chi connectivity index (χ3v) is 3.35. The van der Waals surface area contributed by atoms with Crippen molar-refractivity contribution >= 4 is 27.5 Å². The average molecular weight is 287 g/mol. The van der Waals surface area contributed by atoms with Crippen molar-refractivity contribution in [3.8, 4) is 0 Å². The minimum atomic E-state index is 0.219. The minimum Gasteiger partial charge on any atom is -0.472 e. The number of rotatable bonds is 3. The van der Waals surface area contributed by atoms with Crippen LogP contribution in [0.15, 0.2) is 41.5 Å². The highest BCUT2D eigenvalue weighted by atomic mass is 79.9. The Bertz CT molecular complexity index is 430. The summed E-state index contributed by atoms with van der Waals surface area (Å²) in [5.74, 6) is 0. The van der Waals surface area contributed by atoms with E-state index >= 15 is 0 Å². The molecular formula is C11H9BrClNO. The second kappa shape index (κ2) is 4.81. The molecule has 0 saturated heterocycles. The molecule has 1 unspecified atom stereocenters. The maximum Gasteiger partial charge on any atom is 0.0946 e. The maximum atomic E-state index is 6.02. The lowest BCUT2D eigenvalue weighted by molar-refractivity contribution is 0.563. The van der Waals surface area contributed by atoms with Crippen LogP contribution < -0.4 is 0 Å². The van der Waals surface area contributed by atoms with Crippen LogP contribution in [0.4, 0.5) is 0 Å². The highest BCUT2D eigenvalue weighted by molar-refractivity contribution is 9.09. The molecule has 2 aromatic rings. The van der Waals surface area contributed by atoms with Gasteiger partial charge in [0.25, 0.3) is 0 Å². The fourth-order valence-electron chi connectivity index (χ4n) is 1.33. The normalized spacial score (nSPS) is 12.7. The SMILES string of the molecule is Clc1cnccc1CC(Br)c1ccoc1. The number of hydrogen-bond donors (Lipinski definition) is 0. The van der Waals surface area contributed by atoms with E-state index in [1.165, 1.54) is 0 Å². The smallest absolute Gasteiger partial charge is 0.0946 e. The zero-order valence-electron chi connectivity index (χ0n) is 7.86. The standard InChI is InChI=1S/C11H9BrClNO/c12-10(9-2-4-15-7-9)5-8-1-3-14-6-11(8)13/h1-4,6-7,10H,5H2. The molecule has 0 amide bonds. The van der Waals surface area contributed by atoms with E-state index in [1.807, 2.05) is 12.1 Å². The molecule has 0 aliphatic carbocycles. The van der Waals surface area contributed by atoms with Gasteiger partial charge in [0.1, 0.15) is 0 Å². The van der Waals surface area contributed by atoms with Gasteiger partial charge in [-0.25, -0.2) is 0 Å². The fourth-order valence-corrected chi connectivity index (χ4v) is 2.14. The molecule has 1 atom stereocenters. The number of aromatic nitrogens is 1. The van der Waals surface area contributed by atoms with Crippen LogP contribution in [0.1, 0.15) is 16.0 Å². The monoisotopic (exact) mass is 285 g/mol. The van der Waals surface area contributed by atoms with Gasteiger partial charge in [-0.15, -0.1) is 0 Å². The van der Waals surface area contributed by atoms with Gasteiger partial charge in [-0.2, -0.15) is 0 Å². The van der Waals surface area contributed by atoms with Crippen LogP contribution in [0.25, 0.3) is 0 Å². The molecule has 0 aromatic carbocycles. The van der Waals surface area contributed by atoms with Gasteiger partial charge in [0.2, 0.25) is 0 Å². The van der Waals surface area contributed by atoms with Gasteiger partial charge < -0.3 is 4.42 Å². The molecule has 2 nitrogen and oxygen atoms in total. The number of furan rings is 1.